The van der Waals surface area contributed by atoms with Crippen molar-refractivity contribution in [3.05, 3.63) is 30.1 Å². The van der Waals surface area contributed by atoms with Gasteiger partial charge in [0, 0.05) is 0 Å². The second-order valence-electron chi connectivity index (χ2n) is 2.23. The minimum atomic E-state index is -0.459. The Morgan fingerprint density at radius 2 is 2.17 bits per heavy atom. The number of nitrogens with one attached hydrogen (secondary N) is 1. The van der Waals surface area contributed by atoms with Crippen molar-refractivity contribution < 1.29 is 9.18 Å². The van der Waals surface area contributed by atoms with Crippen LogP contribution in [0, 0.1) is 5.82 Å². The molecule has 0 aromatic heterocycles. The number of benzene rings is 1. The highest BCUT2D eigenvalue weighted by Gasteiger charge is 2.02. The second kappa shape index (κ2) is 3.82. The highest BCUT2D eigenvalue weighted by atomic mass is 19.1. The number of rotatable bonds is 2. The molecule has 3 N–H and O–H groups in total. The third-order valence-electron chi connectivity index (χ3n) is 1.33. The molecule has 1 amide bonds. The summed E-state index contributed by atoms with van der Waals surface area (Å²) >= 11 is 0. The first-order valence-electron chi connectivity index (χ1n) is 3.48. The number of anilines is 1. The predicted octanol–water partition coefficient (Wildman–Crippen LogP) is 0.723. The Labute approximate surface area is 69.4 Å². The first kappa shape index (κ1) is 8.67. The van der Waals surface area contributed by atoms with E-state index in [1.807, 2.05) is 0 Å². The van der Waals surface area contributed by atoms with Gasteiger partial charge in [0.25, 0.3) is 0 Å². The average molecular weight is 168 g/mol. The van der Waals surface area contributed by atoms with Crippen LogP contribution >= 0.6 is 0 Å². The number of nitrogens with two attached hydrogens (primary N) is 1. The van der Waals surface area contributed by atoms with Gasteiger partial charge in [-0.15, -0.1) is 0 Å². The van der Waals surface area contributed by atoms with Gasteiger partial charge in [0.15, 0.2) is 0 Å². The molecule has 0 fully saturated rings. The van der Waals surface area contributed by atoms with Crippen LogP contribution in [-0.4, -0.2) is 12.5 Å². The molecule has 0 atom stereocenters. The Hall–Kier alpha value is -1.42. The molecule has 0 aliphatic heterocycles. The lowest BCUT2D eigenvalue weighted by molar-refractivity contribution is -0.114. The summed E-state index contributed by atoms with van der Waals surface area (Å²) in [5.41, 5.74) is 5.20. The Bertz CT molecular complexity index is 288. The standard InChI is InChI=1S/C8H9FN2O/c9-6-3-1-2-4-7(6)11-8(12)5-10/h1-4H,5,10H2,(H,11,12). The van der Waals surface area contributed by atoms with E-state index in [2.05, 4.69) is 5.32 Å². The van der Waals surface area contributed by atoms with Gasteiger partial charge in [0.1, 0.15) is 5.82 Å². The number of para-hydroxylation sites is 1. The van der Waals surface area contributed by atoms with Crippen molar-refractivity contribution in [3.63, 3.8) is 0 Å². The van der Waals surface area contributed by atoms with Gasteiger partial charge in [-0.1, -0.05) is 12.1 Å². The minimum absolute atomic E-state index is 0.145. The smallest absolute Gasteiger partial charge is 0.238 e. The van der Waals surface area contributed by atoms with E-state index in [9.17, 15) is 9.18 Å². The molecule has 1 aromatic carbocycles. The molecule has 64 valence electrons. The van der Waals surface area contributed by atoms with Crippen LogP contribution in [-0.2, 0) is 4.79 Å². The van der Waals surface area contributed by atoms with E-state index < -0.39 is 11.7 Å². The molecule has 0 radical (unpaired) electrons. The van der Waals surface area contributed by atoms with Crippen molar-refractivity contribution in [2.45, 2.75) is 0 Å². The molecule has 0 saturated heterocycles. The van der Waals surface area contributed by atoms with Crippen molar-refractivity contribution in [1.29, 1.82) is 0 Å². The monoisotopic (exact) mass is 168 g/mol. The molecule has 1 aromatic rings. The molecule has 0 heterocycles. The summed E-state index contributed by atoms with van der Waals surface area (Å²) in [7, 11) is 0. The van der Waals surface area contributed by atoms with Gasteiger partial charge in [-0.3, -0.25) is 4.79 Å². The number of carbonyl (C=O) groups is 1. The van der Waals surface area contributed by atoms with Gasteiger partial charge in [-0.05, 0) is 12.1 Å². The zero-order valence-electron chi connectivity index (χ0n) is 6.38. The summed E-state index contributed by atoms with van der Waals surface area (Å²) in [5, 5.41) is 2.32. The van der Waals surface area contributed by atoms with Crippen molar-refractivity contribution >= 4 is 11.6 Å². The van der Waals surface area contributed by atoms with Gasteiger partial charge >= 0.3 is 0 Å². The maximum atomic E-state index is 12.8. The molecule has 0 aliphatic carbocycles. The Balaban J connectivity index is 2.75. The Morgan fingerprint density at radius 3 is 2.75 bits per heavy atom. The third kappa shape index (κ3) is 2.03. The van der Waals surface area contributed by atoms with Crippen molar-refractivity contribution in [2.75, 3.05) is 11.9 Å². The summed E-state index contributed by atoms with van der Waals surface area (Å²) in [6.07, 6.45) is 0. The second-order valence-corrected chi connectivity index (χ2v) is 2.23. The van der Waals surface area contributed by atoms with Crippen LogP contribution in [0.4, 0.5) is 10.1 Å². The fourth-order valence-corrected chi connectivity index (χ4v) is 0.764. The predicted molar refractivity (Wildman–Crippen MR) is 44.1 cm³/mol. The number of amides is 1. The average Bonchev–Trinajstić information content (AvgIpc) is 2.09. The fraction of sp³-hybridized carbons (Fsp3) is 0.125. The fourth-order valence-electron chi connectivity index (χ4n) is 0.764. The molecule has 12 heavy (non-hydrogen) atoms. The summed E-state index contributed by atoms with van der Waals surface area (Å²) in [6.45, 7) is -0.145. The molecule has 0 spiro atoms. The highest BCUT2D eigenvalue weighted by molar-refractivity contribution is 5.92. The molecule has 1 rings (SSSR count). The van der Waals surface area contributed by atoms with Gasteiger partial charge in [0.2, 0.25) is 5.91 Å². The molecule has 3 nitrogen and oxygen atoms in total. The zero-order valence-corrected chi connectivity index (χ0v) is 6.38. The van der Waals surface area contributed by atoms with Crippen LogP contribution in [0.5, 0.6) is 0 Å². The summed E-state index contributed by atoms with van der Waals surface area (Å²) < 4.78 is 12.8. The topological polar surface area (TPSA) is 55.1 Å². The summed E-state index contributed by atoms with van der Waals surface area (Å²) in [5.74, 6) is -0.862. The maximum absolute atomic E-state index is 12.8. The molecule has 4 heteroatoms. The van der Waals surface area contributed by atoms with E-state index in [1.54, 1.807) is 12.1 Å². The van der Waals surface area contributed by atoms with Gasteiger partial charge in [-0.25, -0.2) is 4.39 Å². The molecule has 0 saturated carbocycles. The molecular formula is C8H9FN2O. The van der Waals surface area contributed by atoms with E-state index in [-0.39, 0.29) is 12.2 Å². The van der Waals surface area contributed by atoms with Crippen LogP contribution in [0.25, 0.3) is 0 Å². The molecule has 0 aliphatic rings. The number of carbonyl (C=O) groups excluding carboxylic acids is 1. The lowest BCUT2D eigenvalue weighted by atomic mass is 10.3. The van der Waals surface area contributed by atoms with Crippen LogP contribution < -0.4 is 11.1 Å². The molecular weight excluding hydrogens is 159 g/mol. The van der Waals surface area contributed by atoms with E-state index in [4.69, 9.17) is 5.73 Å². The normalized spacial score (nSPS) is 9.50. The molecule has 0 bridgehead atoms. The van der Waals surface area contributed by atoms with Crippen molar-refractivity contribution in [1.82, 2.24) is 0 Å². The van der Waals surface area contributed by atoms with E-state index >= 15 is 0 Å². The van der Waals surface area contributed by atoms with Crippen LogP contribution in [0.2, 0.25) is 0 Å². The third-order valence-corrected chi connectivity index (χ3v) is 1.33. The van der Waals surface area contributed by atoms with E-state index in [0.29, 0.717) is 0 Å². The SMILES string of the molecule is NCC(=O)Nc1ccccc1F. The quantitative estimate of drug-likeness (QED) is 0.683. The van der Waals surface area contributed by atoms with Gasteiger partial charge < -0.3 is 11.1 Å². The van der Waals surface area contributed by atoms with Crippen molar-refractivity contribution in [2.24, 2.45) is 5.73 Å². The first-order valence-corrected chi connectivity index (χ1v) is 3.48. The largest absolute Gasteiger partial charge is 0.322 e. The van der Waals surface area contributed by atoms with Crippen LogP contribution in [0.1, 0.15) is 0 Å². The van der Waals surface area contributed by atoms with Gasteiger partial charge in [0.05, 0.1) is 12.2 Å². The number of hydrogen-bond acceptors (Lipinski definition) is 2. The minimum Gasteiger partial charge on any atom is -0.322 e. The van der Waals surface area contributed by atoms with Crippen LogP contribution in [0.3, 0.4) is 0 Å². The maximum Gasteiger partial charge on any atom is 0.238 e. The number of halogens is 1. The summed E-state index contributed by atoms with van der Waals surface area (Å²) in [6, 6.07) is 5.93. The van der Waals surface area contributed by atoms with Gasteiger partial charge in [-0.2, -0.15) is 0 Å². The van der Waals surface area contributed by atoms with E-state index in [0.717, 1.165) is 0 Å². The van der Waals surface area contributed by atoms with Crippen LogP contribution in [0.15, 0.2) is 24.3 Å². The number of hydrogen-bond donors (Lipinski definition) is 2. The zero-order chi connectivity index (χ0) is 8.97. The molecule has 0 unspecified atom stereocenters. The van der Waals surface area contributed by atoms with Crippen molar-refractivity contribution in [3.8, 4) is 0 Å². The highest BCUT2D eigenvalue weighted by Crippen LogP contribution is 2.11. The Kier molecular flexibility index (Phi) is 2.76. The Morgan fingerprint density at radius 1 is 1.50 bits per heavy atom. The first-order chi connectivity index (χ1) is 5.74. The lowest BCUT2D eigenvalue weighted by Gasteiger charge is -2.03. The lowest BCUT2D eigenvalue weighted by Crippen LogP contribution is -2.22. The van der Waals surface area contributed by atoms with E-state index in [1.165, 1.54) is 12.1 Å². The summed E-state index contributed by atoms with van der Waals surface area (Å²) in [4.78, 5) is 10.7.